The molecule has 0 bridgehead atoms. The van der Waals surface area contributed by atoms with Gasteiger partial charge < -0.3 is 10.1 Å². The normalized spacial score (nSPS) is 11.8. The maximum atomic E-state index is 12.8. The molecule has 0 saturated heterocycles. The van der Waals surface area contributed by atoms with E-state index in [1.807, 2.05) is 0 Å². The van der Waals surface area contributed by atoms with Crippen molar-refractivity contribution < 1.29 is 40.7 Å². The molecule has 2 rings (SSSR count). The molecule has 0 saturated carbocycles. The van der Waals surface area contributed by atoms with Crippen LogP contribution in [0.3, 0.4) is 0 Å². The maximum absolute atomic E-state index is 12.8. The molecule has 0 spiro atoms. The van der Waals surface area contributed by atoms with Crippen molar-refractivity contribution in [2.24, 2.45) is 0 Å². The summed E-state index contributed by atoms with van der Waals surface area (Å²) in [5.74, 6) is -1.84. The first-order chi connectivity index (χ1) is 12.9. The molecule has 0 fully saturated rings. The Bertz CT molecular complexity index is 857. The Hall–Kier alpha value is -3.04. The largest absolute Gasteiger partial charge is 0.484 e. The van der Waals surface area contributed by atoms with E-state index in [0.717, 1.165) is 0 Å². The number of anilines is 1. The van der Waals surface area contributed by atoms with Gasteiger partial charge in [0.25, 0.3) is 5.91 Å². The quantitative estimate of drug-likeness (QED) is 0.566. The van der Waals surface area contributed by atoms with Gasteiger partial charge in [0, 0.05) is 11.3 Å². The summed E-state index contributed by atoms with van der Waals surface area (Å²) in [6.07, 6.45) is -10.0. The third-order valence-corrected chi connectivity index (χ3v) is 3.48. The molecule has 150 valence electrons. The van der Waals surface area contributed by atoms with Crippen LogP contribution in [0.4, 0.5) is 32.0 Å². The van der Waals surface area contributed by atoms with Crippen molar-refractivity contribution in [3.8, 4) is 5.75 Å². The first-order valence-corrected chi connectivity index (χ1v) is 7.69. The number of carbonyl (C=O) groups is 2. The average Bonchev–Trinajstić information content (AvgIpc) is 2.58. The van der Waals surface area contributed by atoms with Gasteiger partial charge in [-0.25, -0.2) is 0 Å². The van der Waals surface area contributed by atoms with Gasteiger partial charge in [-0.05, 0) is 37.3 Å². The fourth-order valence-electron chi connectivity index (χ4n) is 2.17. The van der Waals surface area contributed by atoms with Crippen molar-refractivity contribution >= 4 is 17.4 Å². The summed E-state index contributed by atoms with van der Waals surface area (Å²) in [5.41, 5.74) is -2.56. The van der Waals surface area contributed by atoms with Gasteiger partial charge in [0.15, 0.2) is 12.4 Å². The number of amides is 1. The van der Waals surface area contributed by atoms with Gasteiger partial charge in [0.05, 0.1) is 11.1 Å². The standard InChI is InChI=1S/C18H13F6NO3/c1-10(26)11-3-2-4-14(5-11)25-16(27)9-28-15-7-12(17(19,20)21)6-13(8-15)18(22,23)24/h2-8H,9H2,1H3,(H,25,27). The van der Waals surface area contributed by atoms with E-state index in [0.29, 0.717) is 17.7 Å². The number of rotatable bonds is 5. The molecule has 1 amide bonds. The van der Waals surface area contributed by atoms with E-state index >= 15 is 0 Å². The van der Waals surface area contributed by atoms with Crippen LogP contribution in [0.15, 0.2) is 42.5 Å². The number of halogens is 6. The van der Waals surface area contributed by atoms with E-state index in [-0.39, 0.29) is 17.5 Å². The number of ether oxygens (including phenoxy) is 1. The van der Waals surface area contributed by atoms with Crippen molar-refractivity contribution in [3.63, 3.8) is 0 Å². The second-order valence-corrected chi connectivity index (χ2v) is 5.72. The van der Waals surface area contributed by atoms with E-state index < -0.39 is 41.7 Å². The molecule has 1 N–H and O–H groups in total. The van der Waals surface area contributed by atoms with Crippen molar-refractivity contribution in [1.29, 1.82) is 0 Å². The molecule has 28 heavy (non-hydrogen) atoms. The zero-order chi connectivity index (χ0) is 21.1. The molecule has 0 unspecified atom stereocenters. The highest BCUT2D eigenvalue weighted by Crippen LogP contribution is 2.38. The average molecular weight is 405 g/mol. The zero-order valence-corrected chi connectivity index (χ0v) is 14.2. The summed E-state index contributed by atoms with van der Waals surface area (Å²) in [5, 5.41) is 2.34. The van der Waals surface area contributed by atoms with Crippen molar-refractivity contribution in [2.45, 2.75) is 19.3 Å². The lowest BCUT2D eigenvalue weighted by molar-refractivity contribution is -0.143. The molecule has 2 aromatic rings. The minimum atomic E-state index is -5.02. The van der Waals surface area contributed by atoms with Crippen molar-refractivity contribution in [2.75, 3.05) is 11.9 Å². The predicted molar refractivity (Wildman–Crippen MR) is 87.0 cm³/mol. The maximum Gasteiger partial charge on any atom is 0.416 e. The van der Waals surface area contributed by atoms with Gasteiger partial charge in [0.1, 0.15) is 5.75 Å². The van der Waals surface area contributed by atoms with Crippen molar-refractivity contribution in [1.82, 2.24) is 0 Å². The minimum absolute atomic E-state index is 0.0415. The number of Topliss-reactive ketones (excluding diaryl/α,β-unsaturated/α-hetero) is 1. The lowest BCUT2D eigenvalue weighted by atomic mass is 10.1. The summed E-state index contributed by atoms with van der Waals surface area (Å²) >= 11 is 0. The fourth-order valence-corrected chi connectivity index (χ4v) is 2.17. The van der Waals surface area contributed by atoms with E-state index in [1.54, 1.807) is 0 Å². The number of nitrogens with one attached hydrogen (secondary N) is 1. The van der Waals surface area contributed by atoms with Crippen LogP contribution in [0.2, 0.25) is 0 Å². The predicted octanol–water partition coefficient (Wildman–Crippen LogP) is 4.94. The topological polar surface area (TPSA) is 55.4 Å². The summed E-state index contributed by atoms with van der Waals surface area (Å²) in [4.78, 5) is 23.2. The smallest absolute Gasteiger partial charge is 0.416 e. The molecule has 0 aliphatic heterocycles. The molecule has 0 atom stereocenters. The monoisotopic (exact) mass is 405 g/mol. The molecule has 0 aromatic heterocycles. The molecular formula is C18H13F6NO3. The molecule has 4 nitrogen and oxygen atoms in total. The lowest BCUT2D eigenvalue weighted by Gasteiger charge is -2.15. The Balaban J connectivity index is 2.14. The van der Waals surface area contributed by atoms with Gasteiger partial charge in [0.2, 0.25) is 0 Å². The van der Waals surface area contributed by atoms with Crippen molar-refractivity contribution in [3.05, 3.63) is 59.2 Å². The number of alkyl halides is 6. The first-order valence-electron chi connectivity index (χ1n) is 7.69. The number of hydrogen-bond acceptors (Lipinski definition) is 3. The van der Waals surface area contributed by atoms with Crippen LogP contribution in [0.25, 0.3) is 0 Å². The van der Waals surface area contributed by atoms with E-state index in [2.05, 4.69) is 5.32 Å². The molecule has 10 heteroatoms. The Kier molecular flexibility index (Phi) is 6.01. The Morgan fingerprint density at radius 1 is 0.929 bits per heavy atom. The summed E-state index contributed by atoms with van der Waals surface area (Å²) in [6.45, 7) is 0.485. The van der Waals surface area contributed by atoms with Gasteiger partial charge in [-0.15, -0.1) is 0 Å². The second kappa shape index (κ2) is 7.91. The van der Waals surface area contributed by atoms with Crippen LogP contribution in [-0.4, -0.2) is 18.3 Å². The lowest BCUT2D eigenvalue weighted by Crippen LogP contribution is -2.21. The minimum Gasteiger partial charge on any atom is -0.484 e. The Morgan fingerprint density at radius 3 is 2.00 bits per heavy atom. The number of ketones is 1. The third-order valence-electron chi connectivity index (χ3n) is 3.48. The zero-order valence-electron chi connectivity index (χ0n) is 14.2. The Morgan fingerprint density at radius 2 is 1.50 bits per heavy atom. The highest BCUT2D eigenvalue weighted by molar-refractivity contribution is 5.97. The first kappa shape index (κ1) is 21.3. The van der Waals surface area contributed by atoms with Gasteiger partial charge in [-0.2, -0.15) is 26.3 Å². The summed E-state index contributed by atoms with van der Waals surface area (Å²) < 4.78 is 81.6. The van der Waals surface area contributed by atoms with Crippen LogP contribution in [0.1, 0.15) is 28.4 Å². The van der Waals surface area contributed by atoms with Crippen LogP contribution in [0, 0.1) is 0 Å². The highest BCUT2D eigenvalue weighted by atomic mass is 19.4. The van der Waals surface area contributed by atoms with Crippen LogP contribution in [-0.2, 0) is 17.1 Å². The van der Waals surface area contributed by atoms with Gasteiger partial charge >= 0.3 is 12.4 Å². The Labute approximate surface area is 155 Å². The molecule has 0 aliphatic rings. The number of carbonyl (C=O) groups excluding carboxylic acids is 2. The fraction of sp³-hybridized carbons (Fsp3) is 0.222. The van der Waals surface area contributed by atoms with Crippen LogP contribution < -0.4 is 10.1 Å². The highest BCUT2D eigenvalue weighted by Gasteiger charge is 2.37. The summed E-state index contributed by atoms with van der Waals surface area (Å²) in [6, 6.07) is 6.53. The second-order valence-electron chi connectivity index (χ2n) is 5.72. The molecule has 0 heterocycles. The molecule has 2 aromatic carbocycles. The van der Waals surface area contributed by atoms with E-state index in [9.17, 15) is 35.9 Å². The molecule has 0 radical (unpaired) electrons. The van der Waals surface area contributed by atoms with E-state index in [1.165, 1.54) is 31.2 Å². The van der Waals surface area contributed by atoms with Gasteiger partial charge in [-0.1, -0.05) is 12.1 Å². The molecular weight excluding hydrogens is 392 g/mol. The van der Waals surface area contributed by atoms with Gasteiger partial charge in [-0.3, -0.25) is 9.59 Å². The molecule has 0 aliphatic carbocycles. The third kappa shape index (κ3) is 5.73. The van der Waals surface area contributed by atoms with Crippen LogP contribution in [0.5, 0.6) is 5.75 Å². The SMILES string of the molecule is CC(=O)c1cccc(NC(=O)COc2cc(C(F)(F)F)cc(C(F)(F)F)c2)c1. The number of hydrogen-bond donors (Lipinski definition) is 1. The van der Waals surface area contributed by atoms with Crippen LogP contribution >= 0.6 is 0 Å². The number of benzene rings is 2. The van der Waals surface area contributed by atoms with E-state index in [4.69, 9.17) is 4.74 Å². The summed E-state index contributed by atoms with van der Waals surface area (Å²) in [7, 11) is 0.